The summed E-state index contributed by atoms with van der Waals surface area (Å²) in [6.45, 7) is 2.54. The largest absolute Gasteiger partial charge is 0.396 e. The first-order valence-corrected chi connectivity index (χ1v) is 4.67. The molecule has 0 bridgehead atoms. The SMILES string of the molecule is CCCC=CCCCCCO. The van der Waals surface area contributed by atoms with Crippen LogP contribution in [0.5, 0.6) is 0 Å². The van der Waals surface area contributed by atoms with Gasteiger partial charge in [-0.2, -0.15) is 0 Å². The van der Waals surface area contributed by atoms with Crippen molar-refractivity contribution >= 4 is 0 Å². The molecule has 0 rings (SSSR count). The second-order valence-electron chi connectivity index (χ2n) is 2.83. The summed E-state index contributed by atoms with van der Waals surface area (Å²) in [6.07, 6.45) is 11.5. The minimum Gasteiger partial charge on any atom is -0.396 e. The van der Waals surface area contributed by atoms with Gasteiger partial charge in [-0.15, -0.1) is 0 Å². The molecule has 0 fully saturated rings. The molecule has 66 valence electrons. The van der Waals surface area contributed by atoms with Crippen LogP contribution in [-0.4, -0.2) is 11.7 Å². The second-order valence-corrected chi connectivity index (χ2v) is 2.83. The van der Waals surface area contributed by atoms with E-state index in [1.54, 1.807) is 0 Å². The third-order valence-corrected chi connectivity index (χ3v) is 1.65. The molecule has 1 nitrogen and oxygen atoms in total. The number of rotatable bonds is 7. The topological polar surface area (TPSA) is 20.2 Å². The van der Waals surface area contributed by atoms with Crippen molar-refractivity contribution < 1.29 is 5.11 Å². The fourth-order valence-corrected chi connectivity index (χ4v) is 0.953. The molecule has 0 aliphatic heterocycles. The van der Waals surface area contributed by atoms with Crippen molar-refractivity contribution in [2.24, 2.45) is 0 Å². The third-order valence-electron chi connectivity index (χ3n) is 1.65. The van der Waals surface area contributed by atoms with Crippen molar-refractivity contribution in [1.29, 1.82) is 0 Å². The van der Waals surface area contributed by atoms with Gasteiger partial charge in [0.25, 0.3) is 0 Å². The lowest BCUT2D eigenvalue weighted by molar-refractivity contribution is 0.283. The van der Waals surface area contributed by atoms with Gasteiger partial charge in [-0.3, -0.25) is 0 Å². The maximum absolute atomic E-state index is 8.49. The molecule has 0 spiro atoms. The molecule has 0 saturated carbocycles. The molecule has 0 saturated heterocycles. The van der Waals surface area contributed by atoms with E-state index in [0.717, 1.165) is 12.8 Å². The van der Waals surface area contributed by atoms with E-state index in [1.165, 1.54) is 25.7 Å². The molecule has 0 aromatic heterocycles. The molecule has 1 N–H and O–H groups in total. The van der Waals surface area contributed by atoms with E-state index in [1.807, 2.05) is 0 Å². The van der Waals surface area contributed by atoms with Gasteiger partial charge in [-0.1, -0.05) is 31.9 Å². The van der Waals surface area contributed by atoms with Crippen LogP contribution in [0.1, 0.15) is 45.4 Å². The van der Waals surface area contributed by atoms with Crippen molar-refractivity contribution in [2.45, 2.75) is 45.4 Å². The van der Waals surface area contributed by atoms with Gasteiger partial charge in [-0.05, 0) is 25.7 Å². The lowest BCUT2D eigenvalue weighted by Gasteiger charge is -1.93. The molecule has 1 heteroatoms. The van der Waals surface area contributed by atoms with Crippen LogP contribution in [0.4, 0.5) is 0 Å². The maximum atomic E-state index is 8.49. The van der Waals surface area contributed by atoms with E-state index >= 15 is 0 Å². The number of hydrogen-bond donors (Lipinski definition) is 1. The molecule has 0 aromatic rings. The van der Waals surface area contributed by atoms with E-state index in [0.29, 0.717) is 6.61 Å². The summed E-state index contributed by atoms with van der Waals surface area (Å²) in [5.41, 5.74) is 0. The molecular weight excluding hydrogens is 136 g/mol. The first kappa shape index (κ1) is 10.7. The van der Waals surface area contributed by atoms with Crippen molar-refractivity contribution in [3.8, 4) is 0 Å². The van der Waals surface area contributed by atoms with Gasteiger partial charge >= 0.3 is 0 Å². The average Bonchev–Trinajstić information content (AvgIpc) is 2.03. The Kier molecular flexibility index (Phi) is 9.44. The number of allylic oxidation sites excluding steroid dienone is 2. The minimum atomic E-state index is 0.346. The Bertz CT molecular complexity index is 86.9. The smallest absolute Gasteiger partial charge is 0.0431 e. The number of aliphatic hydroxyl groups excluding tert-OH is 1. The minimum absolute atomic E-state index is 0.346. The van der Waals surface area contributed by atoms with Gasteiger partial charge in [0, 0.05) is 6.61 Å². The molecule has 0 atom stereocenters. The zero-order valence-corrected chi connectivity index (χ0v) is 7.55. The van der Waals surface area contributed by atoms with Crippen LogP contribution in [0.2, 0.25) is 0 Å². The monoisotopic (exact) mass is 156 g/mol. The highest BCUT2D eigenvalue weighted by Gasteiger charge is 1.83. The quantitative estimate of drug-likeness (QED) is 0.444. The summed E-state index contributed by atoms with van der Waals surface area (Å²) in [5, 5.41) is 8.49. The summed E-state index contributed by atoms with van der Waals surface area (Å²) in [6, 6.07) is 0. The van der Waals surface area contributed by atoms with Gasteiger partial charge in [0.2, 0.25) is 0 Å². The summed E-state index contributed by atoms with van der Waals surface area (Å²) in [7, 11) is 0. The second kappa shape index (κ2) is 9.70. The molecular formula is C10H20O. The summed E-state index contributed by atoms with van der Waals surface area (Å²) < 4.78 is 0. The Balaban J connectivity index is 2.89. The number of hydrogen-bond acceptors (Lipinski definition) is 1. The molecule has 0 radical (unpaired) electrons. The Hall–Kier alpha value is -0.300. The normalized spacial score (nSPS) is 11.1. The Labute approximate surface area is 70.1 Å². The highest BCUT2D eigenvalue weighted by molar-refractivity contribution is 4.80. The van der Waals surface area contributed by atoms with Crippen LogP contribution in [-0.2, 0) is 0 Å². The van der Waals surface area contributed by atoms with Crippen LogP contribution in [0.3, 0.4) is 0 Å². The van der Waals surface area contributed by atoms with Crippen LogP contribution >= 0.6 is 0 Å². The van der Waals surface area contributed by atoms with Crippen LogP contribution in [0.25, 0.3) is 0 Å². The third kappa shape index (κ3) is 9.70. The van der Waals surface area contributed by atoms with Gasteiger partial charge < -0.3 is 5.11 Å². The molecule has 0 unspecified atom stereocenters. The number of aliphatic hydroxyl groups is 1. The molecule has 0 heterocycles. The predicted molar refractivity (Wildman–Crippen MR) is 49.6 cm³/mol. The fourth-order valence-electron chi connectivity index (χ4n) is 0.953. The van der Waals surface area contributed by atoms with E-state index in [-0.39, 0.29) is 0 Å². The van der Waals surface area contributed by atoms with Crippen LogP contribution in [0, 0.1) is 0 Å². The van der Waals surface area contributed by atoms with E-state index < -0.39 is 0 Å². The van der Waals surface area contributed by atoms with Gasteiger partial charge in [-0.25, -0.2) is 0 Å². The van der Waals surface area contributed by atoms with Gasteiger partial charge in [0.15, 0.2) is 0 Å². The highest BCUT2D eigenvalue weighted by Crippen LogP contribution is 2.00. The predicted octanol–water partition coefficient (Wildman–Crippen LogP) is 2.90. The lowest BCUT2D eigenvalue weighted by Crippen LogP contribution is -1.81. The van der Waals surface area contributed by atoms with Crippen LogP contribution < -0.4 is 0 Å². The van der Waals surface area contributed by atoms with E-state index in [9.17, 15) is 0 Å². The first-order chi connectivity index (χ1) is 5.41. The van der Waals surface area contributed by atoms with E-state index in [4.69, 9.17) is 5.11 Å². The van der Waals surface area contributed by atoms with E-state index in [2.05, 4.69) is 19.1 Å². The highest BCUT2D eigenvalue weighted by atomic mass is 16.2. The molecule has 11 heavy (non-hydrogen) atoms. The first-order valence-electron chi connectivity index (χ1n) is 4.67. The average molecular weight is 156 g/mol. The fraction of sp³-hybridized carbons (Fsp3) is 0.800. The Morgan fingerprint density at radius 3 is 2.36 bits per heavy atom. The van der Waals surface area contributed by atoms with Gasteiger partial charge in [0.1, 0.15) is 0 Å². The number of unbranched alkanes of at least 4 members (excludes halogenated alkanes) is 4. The standard InChI is InChI=1S/C10H20O/c1-2-3-4-5-6-7-8-9-10-11/h4-5,11H,2-3,6-10H2,1H3. The van der Waals surface area contributed by atoms with Crippen LogP contribution in [0.15, 0.2) is 12.2 Å². The maximum Gasteiger partial charge on any atom is 0.0431 e. The molecule has 0 aromatic carbocycles. The zero-order chi connectivity index (χ0) is 8.36. The van der Waals surface area contributed by atoms with Crippen molar-refractivity contribution in [3.05, 3.63) is 12.2 Å². The van der Waals surface area contributed by atoms with Gasteiger partial charge in [0.05, 0.1) is 0 Å². The molecule has 0 amide bonds. The van der Waals surface area contributed by atoms with Crippen molar-refractivity contribution in [1.82, 2.24) is 0 Å². The molecule has 0 aliphatic carbocycles. The molecule has 0 aliphatic rings. The summed E-state index contributed by atoms with van der Waals surface area (Å²) >= 11 is 0. The zero-order valence-electron chi connectivity index (χ0n) is 7.55. The van der Waals surface area contributed by atoms with Crippen molar-refractivity contribution in [3.63, 3.8) is 0 Å². The summed E-state index contributed by atoms with van der Waals surface area (Å²) in [5.74, 6) is 0. The Morgan fingerprint density at radius 1 is 1.00 bits per heavy atom. The Morgan fingerprint density at radius 2 is 1.73 bits per heavy atom. The van der Waals surface area contributed by atoms with Crippen molar-refractivity contribution in [2.75, 3.05) is 6.61 Å². The summed E-state index contributed by atoms with van der Waals surface area (Å²) in [4.78, 5) is 0. The lowest BCUT2D eigenvalue weighted by atomic mass is 10.2.